The SMILES string of the molecule is [2H]C1([2H])Oc2ccc(OC3CCN(c4nn5c(=O)cc(C(F)(F)F)nc5cc4C)CC3)cc2OC1([2H])[2H]. The largest absolute Gasteiger partial charge is 0.490 e. The van der Waals surface area contributed by atoms with Crippen LogP contribution in [0.5, 0.6) is 17.2 Å². The van der Waals surface area contributed by atoms with Crippen molar-refractivity contribution in [3.63, 3.8) is 0 Å². The number of alkyl halides is 3. The average Bonchev–Trinajstić information content (AvgIpc) is 2.79. The molecule has 0 atom stereocenters. The van der Waals surface area contributed by atoms with Crippen molar-refractivity contribution in [1.82, 2.24) is 14.6 Å². The molecule has 0 unspecified atom stereocenters. The fourth-order valence-electron chi connectivity index (χ4n) is 3.83. The minimum absolute atomic E-state index is 0.0266. The van der Waals surface area contributed by atoms with E-state index in [-0.39, 0.29) is 23.3 Å². The average molecular weight is 466 g/mol. The minimum atomic E-state index is -4.74. The zero-order chi connectivity index (χ0) is 26.8. The Bertz CT molecular complexity index is 1430. The molecule has 0 N–H and O–H groups in total. The van der Waals surface area contributed by atoms with E-state index < -0.39 is 30.5 Å². The van der Waals surface area contributed by atoms with Gasteiger partial charge in [0.1, 0.15) is 25.0 Å². The predicted molar refractivity (Wildman–Crippen MR) is 112 cm³/mol. The first-order valence-corrected chi connectivity index (χ1v) is 10.2. The van der Waals surface area contributed by atoms with Crippen molar-refractivity contribution in [1.29, 1.82) is 0 Å². The van der Waals surface area contributed by atoms with Gasteiger partial charge >= 0.3 is 6.18 Å². The quantitative estimate of drug-likeness (QED) is 0.587. The summed E-state index contributed by atoms with van der Waals surface area (Å²) in [7, 11) is 0. The number of hydrogen-bond donors (Lipinski definition) is 0. The summed E-state index contributed by atoms with van der Waals surface area (Å²) in [6.07, 6.45) is -3.81. The smallest absolute Gasteiger partial charge is 0.433 e. The Hall–Kier alpha value is -3.50. The fourth-order valence-corrected chi connectivity index (χ4v) is 3.83. The molecule has 33 heavy (non-hydrogen) atoms. The second-order valence-corrected chi connectivity index (χ2v) is 7.72. The van der Waals surface area contributed by atoms with Crippen LogP contribution in [0.4, 0.5) is 19.0 Å². The van der Waals surface area contributed by atoms with E-state index in [1.165, 1.54) is 18.2 Å². The maximum absolute atomic E-state index is 13.0. The van der Waals surface area contributed by atoms with Crippen LogP contribution in [0.2, 0.25) is 0 Å². The summed E-state index contributed by atoms with van der Waals surface area (Å²) < 4.78 is 86.9. The van der Waals surface area contributed by atoms with Gasteiger partial charge in [-0.1, -0.05) is 0 Å². The number of hydrogen-bond acceptors (Lipinski definition) is 7. The number of piperidine rings is 1. The van der Waals surface area contributed by atoms with Gasteiger partial charge in [0, 0.05) is 38.1 Å². The monoisotopic (exact) mass is 466 g/mol. The molecular weight excluding hydrogens is 441 g/mol. The summed E-state index contributed by atoms with van der Waals surface area (Å²) in [6, 6.07) is 6.29. The molecule has 0 aliphatic carbocycles. The Morgan fingerprint density at radius 1 is 1.12 bits per heavy atom. The van der Waals surface area contributed by atoms with Gasteiger partial charge in [-0.15, -0.1) is 5.10 Å². The number of nitrogens with zero attached hydrogens (tertiary/aromatic N) is 4. The van der Waals surface area contributed by atoms with Crippen molar-refractivity contribution in [2.45, 2.75) is 32.0 Å². The molecule has 4 heterocycles. The summed E-state index contributed by atoms with van der Waals surface area (Å²) in [5.74, 6) is 0.952. The van der Waals surface area contributed by atoms with E-state index in [4.69, 9.17) is 19.7 Å². The maximum Gasteiger partial charge on any atom is 0.433 e. The van der Waals surface area contributed by atoms with Gasteiger partial charge in [-0.3, -0.25) is 4.79 Å². The third kappa shape index (κ3) is 4.27. The highest BCUT2D eigenvalue weighted by Gasteiger charge is 2.34. The molecule has 0 bridgehead atoms. The Kier molecular flexibility index (Phi) is 4.20. The molecule has 0 saturated carbocycles. The molecular formula is C22H21F3N4O4. The number of benzene rings is 1. The van der Waals surface area contributed by atoms with Crippen LogP contribution in [0.3, 0.4) is 0 Å². The molecule has 174 valence electrons. The van der Waals surface area contributed by atoms with Crippen LogP contribution in [0, 0.1) is 6.92 Å². The molecule has 0 spiro atoms. The molecule has 2 aromatic heterocycles. The molecule has 1 fully saturated rings. The van der Waals surface area contributed by atoms with Crippen molar-refractivity contribution in [2.75, 3.05) is 31.1 Å². The van der Waals surface area contributed by atoms with Gasteiger partial charge in [0.25, 0.3) is 5.56 Å². The highest BCUT2D eigenvalue weighted by Crippen LogP contribution is 2.35. The number of fused-ring (bicyclic) bond motifs is 2. The molecule has 11 heteroatoms. The summed E-state index contributed by atoms with van der Waals surface area (Å²) in [5, 5.41) is 4.27. The Labute approximate surface area is 192 Å². The normalized spacial score (nSPS) is 21.6. The van der Waals surface area contributed by atoms with E-state index in [1.807, 2.05) is 4.90 Å². The maximum atomic E-state index is 13.0. The Balaban J connectivity index is 1.29. The number of anilines is 1. The molecule has 2 aliphatic rings. The van der Waals surface area contributed by atoms with E-state index in [1.54, 1.807) is 13.0 Å². The summed E-state index contributed by atoms with van der Waals surface area (Å²) in [6.45, 7) is -2.64. The molecule has 3 aromatic rings. The highest BCUT2D eigenvalue weighted by atomic mass is 19.4. The third-order valence-electron chi connectivity index (χ3n) is 5.43. The van der Waals surface area contributed by atoms with E-state index >= 15 is 0 Å². The summed E-state index contributed by atoms with van der Waals surface area (Å²) in [5.41, 5.74) is -1.80. The van der Waals surface area contributed by atoms with Gasteiger partial charge in [-0.25, -0.2) is 4.98 Å². The Morgan fingerprint density at radius 2 is 1.85 bits per heavy atom. The lowest BCUT2D eigenvalue weighted by Gasteiger charge is -2.33. The van der Waals surface area contributed by atoms with Crippen molar-refractivity contribution in [2.24, 2.45) is 0 Å². The molecule has 8 nitrogen and oxygen atoms in total. The molecule has 1 aromatic carbocycles. The molecule has 5 rings (SSSR count). The lowest BCUT2D eigenvalue weighted by atomic mass is 10.1. The fraction of sp³-hybridized carbons (Fsp3) is 0.409. The second-order valence-electron chi connectivity index (χ2n) is 7.72. The van der Waals surface area contributed by atoms with Gasteiger partial charge in [0.2, 0.25) is 0 Å². The van der Waals surface area contributed by atoms with Crippen LogP contribution in [-0.4, -0.2) is 46.9 Å². The van der Waals surface area contributed by atoms with Gasteiger partial charge in [0.15, 0.2) is 28.7 Å². The number of rotatable bonds is 3. The van der Waals surface area contributed by atoms with E-state index in [2.05, 4.69) is 10.1 Å². The van der Waals surface area contributed by atoms with Crippen LogP contribution < -0.4 is 24.7 Å². The number of halogens is 3. The molecule has 0 radical (unpaired) electrons. The lowest BCUT2D eigenvalue weighted by molar-refractivity contribution is -0.141. The molecule has 1 saturated heterocycles. The standard InChI is InChI=1S/C22H21F3N4O4/c1-13-10-19-26-18(22(23,24)25)12-20(30)29(19)27-21(13)28-6-4-14(5-7-28)33-15-2-3-16-17(11-15)32-9-8-31-16/h2-3,10-12,14H,4-9H2,1H3/i8D2,9D2. The van der Waals surface area contributed by atoms with Crippen LogP contribution in [0.15, 0.2) is 35.1 Å². The van der Waals surface area contributed by atoms with Gasteiger partial charge in [0.05, 0.1) is 5.48 Å². The van der Waals surface area contributed by atoms with Crippen molar-refractivity contribution < 1.29 is 32.9 Å². The number of aromatic nitrogens is 3. The van der Waals surface area contributed by atoms with Gasteiger partial charge in [-0.2, -0.15) is 17.7 Å². The van der Waals surface area contributed by atoms with E-state index in [0.29, 0.717) is 49.1 Å². The third-order valence-corrected chi connectivity index (χ3v) is 5.43. The summed E-state index contributed by atoms with van der Waals surface area (Å²) in [4.78, 5) is 17.7. The van der Waals surface area contributed by atoms with E-state index in [9.17, 15) is 18.0 Å². The van der Waals surface area contributed by atoms with Gasteiger partial charge in [-0.05, 0) is 30.7 Å². The topological polar surface area (TPSA) is 78.2 Å². The first-order chi connectivity index (χ1) is 17.2. The van der Waals surface area contributed by atoms with Crippen LogP contribution in [0.1, 0.15) is 29.6 Å². The van der Waals surface area contributed by atoms with Crippen molar-refractivity contribution in [3.05, 3.63) is 51.9 Å². The molecule has 0 amide bonds. The number of aryl methyl sites for hydroxylation is 1. The zero-order valence-corrected chi connectivity index (χ0v) is 17.3. The van der Waals surface area contributed by atoms with Crippen LogP contribution in [-0.2, 0) is 6.18 Å². The predicted octanol–water partition coefficient (Wildman–Crippen LogP) is 3.24. The van der Waals surface area contributed by atoms with Gasteiger partial charge < -0.3 is 19.1 Å². The van der Waals surface area contributed by atoms with Crippen molar-refractivity contribution >= 4 is 11.5 Å². The highest BCUT2D eigenvalue weighted by molar-refractivity contribution is 5.53. The Morgan fingerprint density at radius 3 is 2.58 bits per heavy atom. The lowest BCUT2D eigenvalue weighted by Crippen LogP contribution is -2.39. The first kappa shape index (κ1) is 17.0. The molecule has 2 aliphatic heterocycles. The number of ether oxygens (including phenoxy) is 3. The second kappa shape index (κ2) is 8.13. The summed E-state index contributed by atoms with van der Waals surface area (Å²) >= 11 is 0. The van der Waals surface area contributed by atoms with Crippen LogP contribution in [0.25, 0.3) is 5.65 Å². The van der Waals surface area contributed by atoms with Crippen LogP contribution >= 0.6 is 0 Å². The van der Waals surface area contributed by atoms with Crippen molar-refractivity contribution in [3.8, 4) is 17.2 Å². The first-order valence-electron chi connectivity index (χ1n) is 12.2. The minimum Gasteiger partial charge on any atom is -0.490 e. The zero-order valence-electron chi connectivity index (χ0n) is 21.3. The van der Waals surface area contributed by atoms with E-state index in [0.717, 1.165) is 4.52 Å².